The van der Waals surface area contributed by atoms with Crippen molar-refractivity contribution in [1.29, 1.82) is 5.26 Å². The Bertz CT molecular complexity index is 497. The van der Waals surface area contributed by atoms with Gasteiger partial charge in [-0.15, -0.1) is 11.3 Å². The highest BCUT2D eigenvalue weighted by Crippen LogP contribution is 2.34. The third kappa shape index (κ3) is 1.77. The van der Waals surface area contributed by atoms with Crippen LogP contribution in [0.4, 0.5) is 5.00 Å². The average Bonchev–Trinajstić information content (AvgIpc) is 2.19. The lowest BCUT2D eigenvalue weighted by Crippen LogP contribution is -2.13. The van der Waals surface area contributed by atoms with E-state index in [0.717, 1.165) is 28.6 Å². The summed E-state index contributed by atoms with van der Waals surface area (Å²) in [6.07, 6.45) is 3.07. The van der Waals surface area contributed by atoms with E-state index in [1.54, 1.807) is 0 Å². The second-order valence-electron chi connectivity index (χ2n) is 4.05. The van der Waals surface area contributed by atoms with Crippen LogP contribution >= 0.6 is 23.6 Å². The first-order valence-electron chi connectivity index (χ1n) is 4.98. The Morgan fingerprint density at radius 1 is 1.53 bits per heavy atom. The van der Waals surface area contributed by atoms with Crippen LogP contribution in [-0.2, 0) is 12.8 Å². The van der Waals surface area contributed by atoms with Gasteiger partial charge in [0.1, 0.15) is 11.1 Å². The van der Waals surface area contributed by atoms with Crippen molar-refractivity contribution in [1.82, 2.24) is 0 Å². The van der Waals surface area contributed by atoms with Crippen LogP contribution in [0.5, 0.6) is 0 Å². The molecule has 0 spiro atoms. The third-order valence-corrected chi connectivity index (χ3v) is 4.27. The summed E-state index contributed by atoms with van der Waals surface area (Å²) >= 11 is 6.69. The van der Waals surface area contributed by atoms with Crippen LogP contribution in [0.3, 0.4) is 0 Å². The number of hydrogen-bond acceptors (Lipinski definition) is 4. The number of nitriles is 1. The number of rotatable bonds is 0. The van der Waals surface area contributed by atoms with Gasteiger partial charge in [0.15, 0.2) is 0 Å². The molecule has 2 N–H and O–H groups in total. The molecule has 0 radical (unpaired) electrons. The van der Waals surface area contributed by atoms with Crippen molar-refractivity contribution < 1.29 is 0 Å². The molecule has 1 aromatic heterocycles. The normalized spacial score (nSPS) is 19.3. The molecular formula is C11H12N2S2. The fourth-order valence-electron chi connectivity index (χ4n) is 2.08. The molecule has 0 saturated carbocycles. The van der Waals surface area contributed by atoms with E-state index in [2.05, 4.69) is 13.0 Å². The number of anilines is 1. The molecule has 0 fully saturated rings. The van der Waals surface area contributed by atoms with Crippen LogP contribution in [-0.4, -0.2) is 0 Å². The van der Waals surface area contributed by atoms with Gasteiger partial charge < -0.3 is 5.73 Å². The summed E-state index contributed by atoms with van der Waals surface area (Å²) in [6.45, 7) is 2.23. The van der Waals surface area contributed by atoms with Gasteiger partial charge in [0.05, 0.1) is 9.39 Å². The van der Waals surface area contributed by atoms with Crippen molar-refractivity contribution in [2.75, 3.05) is 5.73 Å². The van der Waals surface area contributed by atoms with Gasteiger partial charge in [0.2, 0.25) is 0 Å². The Morgan fingerprint density at radius 2 is 2.27 bits per heavy atom. The molecule has 1 aliphatic carbocycles. The second-order valence-corrected chi connectivity index (χ2v) is 5.76. The zero-order chi connectivity index (χ0) is 11.0. The molecule has 1 heterocycles. The van der Waals surface area contributed by atoms with Gasteiger partial charge >= 0.3 is 0 Å². The Morgan fingerprint density at radius 3 is 2.93 bits per heavy atom. The summed E-state index contributed by atoms with van der Waals surface area (Å²) < 4.78 is 0.869. The van der Waals surface area contributed by atoms with Crippen molar-refractivity contribution in [3.05, 3.63) is 20.5 Å². The van der Waals surface area contributed by atoms with E-state index in [4.69, 9.17) is 23.2 Å². The first-order chi connectivity index (χ1) is 7.13. The standard InChI is InChI=1S/C11H12N2S2/c1-6-2-3-7-8(4-6)11(14)15-10(13)9(7)5-12/h6H,2-4,13H2,1H3. The molecule has 4 heteroatoms. The molecule has 0 saturated heterocycles. The molecule has 1 aliphatic rings. The minimum absolute atomic E-state index is 0.579. The molecule has 1 aromatic rings. The maximum absolute atomic E-state index is 9.07. The molecule has 0 aliphatic heterocycles. The third-order valence-electron chi connectivity index (χ3n) is 2.91. The summed E-state index contributed by atoms with van der Waals surface area (Å²) in [4.78, 5) is 0. The maximum atomic E-state index is 9.07. The first kappa shape index (κ1) is 10.6. The van der Waals surface area contributed by atoms with E-state index in [1.165, 1.54) is 16.9 Å². The Balaban J connectivity index is 2.69. The number of nitrogens with zero attached hydrogens (tertiary/aromatic N) is 1. The molecule has 1 atom stereocenters. The van der Waals surface area contributed by atoms with Crippen molar-refractivity contribution in [2.45, 2.75) is 26.2 Å². The van der Waals surface area contributed by atoms with E-state index in [1.807, 2.05) is 0 Å². The highest BCUT2D eigenvalue weighted by atomic mass is 32.1. The molecule has 0 bridgehead atoms. The summed E-state index contributed by atoms with van der Waals surface area (Å²) in [7, 11) is 0. The molecule has 0 amide bonds. The first-order valence-corrected chi connectivity index (χ1v) is 6.20. The largest absolute Gasteiger partial charge is 0.389 e. The van der Waals surface area contributed by atoms with Crippen molar-refractivity contribution in [2.24, 2.45) is 5.92 Å². The molecular weight excluding hydrogens is 224 g/mol. The summed E-state index contributed by atoms with van der Waals surface area (Å²) in [5, 5.41) is 9.65. The van der Waals surface area contributed by atoms with Gasteiger partial charge in [-0.3, -0.25) is 0 Å². The number of nitrogens with two attached hydrogens (primary N) is 1. The molecule has 1 unspecified atom stereocenters. The highest BCUT2D eigenvalue weighted by Gasteiger charge is 2.21. The van der Waals surface area contributed by atoms with E-state index in [0.29, 0.717) is 16.5 Å². The topological polar surface area (TPSA) is 49.8 Å². The van der Waals surface area contributed by atoms with Crippen molar-refractivity contribution >= 4 is 28.6 Å². The van der Waals surface area contributed by atoms with Crippen LogP contribution in [0.1, 0.15) is 30.0 Å². The van der Waals surface area contributed by atoms with Crippen LogP contribution in [0, 0.1) is 21.1 Å². The Kier molecular flexibility index (Phi) is 2.76. The summed E-state index contributed by atoms with van der Waals surface area (Å²) in [6, 6.07) is 2.20. The van der Waals surface area contributed by atoms with Gasteiger partial charge in [-0.25, -0.2) is 0 Å². The molecule has 78 valence electrons. The van der Waals surface area contributed by atoms with E-state index in [-0.39, 0.29) is 0 Å². The van der Waals surface area contributed by atoms with E-state index in [9.17, 15) is 0 Å². The van der Waals surface area contributed by atoms with Crippen LogP contribution in [0.25, 0.3) is 0 Å². The zero-order valence-electron chi connectivity index (χ0n) is 8.54. The van der Waals surface area contributed by atoms with Crippen molar-refractivity contribution in [3.8, 4) is 6.07 Å². The smallest absolute Gasteiger partial charge is 0.105 e. The minimum atomic E-state index is 0.579. The fourth-order valence-corrected chi connectivity index (χ4v) is 3.36. The van der Waals surface area contributed by atoms with Crippen molar-refractivity contribution in [3.63, 3.8) is 0 Å². The zero-order valence-corrected chi connectivity index (χ0v) is 10.2. The minimum Gasteiger partial charge on any atom is -0.389 e. The lowest BCUT2D eigenvalue weighted by molar-refractivity contribution is 0.501. The lowest BCUT2D eigenvalue weighted by Gasteiger charge is -2.22. The van der Waals surface area contributed by atoms with Gasteiger partial charge in [0.25, 0.3) is 0 Å². The molecule has 2 nitrogen and oxygen atoms in total. The van der Waals surface area contributed by atoms with Crippen LogP contribution in [0.15, 0.2) is 0 Å². The Labute approximate surface area is 98.4 Å². The quantitative estimate of drug-likeness (QED) is 0.704. The van der Waals surface area contributed by atoms with Gasteiger partial charge in [-0.1, -0.05) is 19.1 Å². The Hall–Kier alpha value is -0.920. The van der Waals surface area contributed by atoms with E-state index >= 15 is 0 Å². The lowest BCUT2D eigenvalue weighted by atomic mass is 9.85. The fraction of sp³-hybridized carbons (Fsp3) is 0.455. The van der Waals surface area contributed by atoms with E-state index < -0.39 is 0 Å². The van der Waals surface area contributed by atoms with Crippen LogP contribution in [0.2, 0.25) is 0 Å². The van der Waals surface area contributed by atoms with Gasteiger partial charge in [-0.2, -0.15) is 5.26 Å². The SMILES string of the molecule is CC1CCc2c(C#N)c(N)sc(=S)c2C1. The molecule has 15 heavy (non-hydrogen) atoms. The highest BCUT2D eigenvalue weighted by molar-refractivity contribution is 7.73. The van der Waals surface area contributed by atoms with Gasteiger partial charge in [0, 0.05) is 0 Å². The second kappa shape index (κ2) is 3.92. The monoisotopic (exact) mass is 236 g/mol. The maximum Gasteiger partial charge on any atom is 0.105 e. The average molecular weight is 236 g/mol. The predicted molar refractivity (Wildman–Crippen MR) is 65.5 cm³/mol. The number of fused-ring (bicyclic) bond motifs is 1. The predicted octanol–water partition coefficient (Wildman–Crippen LogP) is 3.06. The summed E-state index contributed by atoms with van der Waals surface area (Å²) in [5.74, 6) is 0.668. The number of hydrogen-bond donors (Lipinski definition) is 1. The number of nitrogen functional groups attached to an aromatic ring is 1. The molecule has 2 rings (SSSR count). The van der Waals surface area contributed by atoms with Crippen LogP contribution < -0.4 is 5.73 Å². The molecule has 0 aromatic carbocycles. The van der Waals surface area contributed by atoms with Gasteiger partial charge in [-0.05, 0) is 36.3 Å². The summed E-state index contributed by atoms with van der Waals surface area (Å²) in [5.41, 5.74) is 8.78.